The molecule has 0 N–H and O–H groups in total. The summed E-state index contributed by atoms with van der Waals surface area (Å²) in [6, 6.07) is 14.6. The Morgan fingerprint density at radius 1 is 0.943 bits per heavy atom. The van der Waals surface area contributed by atoms with Gasteiger partial charge in [0.1, 0.15) is 11.9 Å². The molecule has 3 nitrogen and oxygen atoms in total. The molecule has 0 spiro atoms. The van der Waals surface area contributed by atoms with Crippen LogP contribution in [0.25, 0.3) is 11.1 Å². The number of alkyl halides is 1. The highest BCUT2D eigenvalue weighted by Gasteiger charge is 2.27. The number of halogens is 2. The molecule has 5 heteroatoms. The highest BCUT2D eigenvalue weighted by Crippen LogP contribution is 2.36. The van der Waals surface area contributed by atoms with Crippen LogP contribution in [0, 0.1) is 0 Å². The van der Waals surface area contributed by atoms with Crippen LogP contribution in [0.1, 0.15) is 96.0 Å². The van der Waals surface area contributed by atoms with Crippen LogP contribution in [0.5, 0.6) is 5.75 Å². The van der Waals surface area contributed by atoms with E-state index in [1.165, 1.54) is 24.8 Å². The first-order chi connectivity index (χ1) is 17.0. The number of rotatable bonds is 13. The van der Waals surface area contributed by atoms with Crippen LogP contribution in [0.3, 0.4) is 0 Å². The van der Waals surface area contributed by atoms with Crippen molar-refractivity contribution in [3.63, 3.8) is 0 Å². The summed E-state index contributed by atoms with van der Waals surface area (Å²) < 4.78 is 25.2. The molecular weight excluding hydrogens is 463 g/mol. The molecule has 0 unspecified atom stereocenters. The second-order valence-electron chi connectivity index (χ2n) is 9.70. The Hall–Kier alpha value is -2.07. The molecule has 0 bridgehead atoms. The summed E-state index contributed by atoms with van der Waals surface area (Å²) in [7, 11) is 0. The Bertz CT molecular complexity index is 906. The number of ether oxygens (including phenoxy) is 2. The van der Waals surface area contributed by atoms with E-state index in [1.54, 1.807) is 0 Å². The zero-order valence-electron chi connectivity index (χ0n) is 21.2. The average molecular weight is 503 g/mol. The second-order valence-corrected chi connectivity index (χ2v) is 10.1. The highest BCUT2D eigenvalue weighted by molar-refractivity contribution is 6.32. The molecule has 2 aromatic carbocycles. The number of benzene rings is 2. The number of hydrogen-bond donors (Lipinski definition) is 0. The normalized spacial score (nSPS) is 18.7. The molecule has 1 fully saturated rings. The molecule has 35 heavy (non-hydrogen) atoms. The maximum atomic E-state index is 13.9. The van der Waals surface area contributed by atoms with E-state index in [9.17, 15) is 9.18 Å². The lowest BCUT2D eigenvalue weighted by Gasteiger charge is -2.29. The third kappa shape index (κ3) is 8.52. The molecular formula is C30H40ClFO3. The summed E-state index contributed by atoms with van der Waals surface area (Å²) in [5, 5.41) is 0.639. The molecule has 1 aliphatic rings. The zero-order valence-corrected chi connectivity index (χ0v) is 22.0. The minimum atomic E-state index is -1.49. The Labute approximate surface area is 215 Å². The molecule has 192 valence electrons. The van der Waals surface area contributed by atoms with Crippen molar-refractivity contribution in [2.75, 3.05) is 6.61 Å². The molecule has 0 saturated heterocycles. The van der Waals surface area contributed by atoms with Gasteiger partial charge in [0, 0.05) is 0 Å². The first-order valence-corrected chi connectivity index (χ1v) is 13.8. The van der Waals surface area contributed by atoms with Crippen LogP contribution in [-0.2, 0) is 9.53 Å². The van der Waals surface area contributed by atoms with Crippen LogP contribution < -0.4 is 4.74 Å². The minimum Gasteiger partial charge on any atom is -0.492 e. The van der Waals surface area contributed by atoms with Crippen molar-refractivity contribution in [3.8, 4) is 16.9 Å². The van der Waals surface area contributed by atoms with E-state index < -0.39 is 12.1 Å². The van der Waals surface area contributed by atoms with Gasteiger partial charge in [-0.05, 0) is 73.3 Å². The summed E-state index contributed by atoms with van der Waals surface area (Å²) >= 11 is 6.48. The number of hydrogen-bond acceptors (Lipinski definition) is 3. The summed E-state index contributed by atoms with van der Waals surface area (Å²) in [5.74, 6) is 0.496. The van der Waals surface area contributed by atoms with Crippen molar-refractivity contribution in [1.29, 1.82) is 0 Å². The Kier molecular flexibility index (Phi) is 11.4. The first kappa shape index (κ1) is 27.5. The molecule has 0 radical (unpaired) electrons. The smallest absolute Gasteiger partial charge is 0.340 e. The topological polar surface area (TPSA) is 35.5 Å². The average Bonchev–Trinajstić information content (AvgIpc) is 2.88. The van der Waals surface area contributed by atoms with Crippen molar-refractivity contribution in [2.24, 2.45) is 0 Å². The summed E-state index contributed by atoms with van der Waals surface area (Å²) in [6.07, 6.45) is 8.34. The first-order valence-electron chi connectivity index (χ1n) is 13.4. The summed E-state index contributed by atoms with van der Waals surface area (Å²) in [5.41, 5.74) is 3.48. The predicted octanol–water partition coefficient (Wildman–Crippen LogP) is 9.06. The number of unbranched alkanes of at least 4 members (excludes halogenated alkanes) is 4. The molecule has 0 heterocycles. The highest BCUT2D eigenvalue weighted by atomic mass is 35.5. The van der Waals surface area contributed by atoms with Crippen LogP contribution in [0.15, 0.2) is 42.5 Å². The fourth-order valence-corrected chi connectivity index (χ4v) is 4.94. The van der Waals surface area contributed by atoms with Crippen LogP contribution in [-0.4, -0.2) is 24.9 Å². The third-order valence-corrected chi connectivity index (χ3v) is 7.22. The van der Waals surface area contributed by atoms with E-state index in [0.29, 0.717) is 24.0 Å². The predicted molar refractivity (Wildman–Crippen MR) is 142 cm³/mol. The maximum Gasteiger partial charge on any atom is 0.340 e. The monoisotopic (exact) mass is 502 g/mol. The van der Waals surface area contributed by atoms with Gasteiger partial charge in [-0.3, -0.25) is 0 Å². The lowest BCUT2D eigenvalue weighted by molar-refractivity contribution is -0.157. The van der Waals surface area contributed by atoms with Crippen LogP contribution >= 0.6 is 11.6 Å². The van der Waals surface area contributed by atoms with Crippen molar-refractivity contribution < 1.29 is 18.7 Å². The summed E-state index contributed by atoms with van der Waals surface area (Å²) in [4.78, 5) is 12.0. The molecule has 2 aromatic rings. The Morgan fingerprint density at radius 2 is 1.63 bits per heavy atom. The van der Waals surface area contributed by atoms with E-state index in [2.05, 4.69) is 37.3 Å². The molecule has 0 aromatic heterocycles. The van der Waals surface area contributed by atoms with Gasteiger partial charge in [0.2, 0.25) is 0 Å². The number of esters is 1. The van der Waals surface area contributed by atoms with Gasteiger partial charge in [0.05, 0.1) is 11.6 Å². The lowest BCUT2D eigenvalue weighted by Crippen LogP contribution is -2.28. The molecule has 1 atom stereocenters. The second kappa shape index (κ2) is 14.5. The van der Waals surface area contributed by atoms with E-state index in [-0.39, 0.29) is 12.5 Å². The van der Waals surface area contributed by atoms with Gasteiger partial charge in [-0.2, -0.15) is 0 Å². The number of carbonyl (C=O) groups is 1. The Balaban J connectivity index is 1.49. The zero-order chi connectivity index (χ0) is 25.0. The molecule has 0 aliphatic heterocycles. The minimum absolute atomic E-state index is 0.160. The van der Waals surface area contributed by atoms with Gasteiger partial charge < -0.3 is 9.47 Å². The van der Waals surface area contributed by atoms with Gasteiger partial charge in [0.15, 0.2) is 6.17 Å². The van der Waals surface area contributed by atoms with Gasteiger partial charge in [-0.25, -0.2) is 9.18 Å². The number of carbonyl (C=O) groups excluding carboxylic acids is 1. The van der Waals surface area contributed by atoms with Gasteiger partial charge in [-0.15, -0.1) is 0 Å². The van der Waals surface area contributed by atoms with Crippen molar-refractivity contribution >= 4 is 17.6 Å². The standard InChI is InChI=1S/C30H40ClFO3/c1-3-5-7-8-20-34-29-19-16-25(21-27(29)31)24-12-10-22(11-13-24)23-14-17-26(18-15-23)35-30(33)28(32)9-6-4-2/h10-13,16,19,21,23,26,28H,3-9,14-15,17-18,20H2,1-2H3/t23?,26?,28-/m0/s1. The quantitative estimate of drug-likeness (QED) is 0.202. The van der Waals surface area contributed by atoms with E-state index >= 15 is 0 Å². The van der Waals surface area contributed by atoms with Crippen molar-refractivity contribution in [3.05, 3.63) is 53.1 Å². The van der Waals surface area contributed by atoms with Gasteiger partial charge in [0.25, 0.3) is 0 Å². The fraction of sp³-hybridized carbons (Fsp3) is 0.567. The molecule has 1 saturated carbocycles. The van der Waals surface area contributed by atoms with E-state index in [4.69, 9.17) is 21.1 Å². The lowest BCUT2D eigenvalue weighted by atomic mass is 9.82. The van der Waals surface area contributed by atoms with E-state index in [1.807, 2.05) is 19.1 Å². The van der Waals surface area contributed by atoms with Gasteiger partial charge >= 0.3 is 5.97 Å². The van der Waals surface area contributed by atoms with Crippen LogP contribution in [0.2, 0.25) is 5.02 Å². The van der Waals surface area contributed by atoms with E-state index in [0.717, 1.165) is 55.4 Å². The SMILES string of the molecule is CCCCCCOc1ccc(-c2ccc(C3CCC(OC(=O)[C@@H](F)CCCC)CC3)cc2)cc1Cl. The molecule has 1 aliphatic carbocycles. The van der Waals surface area contributed by atoms with Crippen LogP contribution in [0.4, 0.5) is 4.39 Å². The molecule has 3 rings (SSSR count). The fourth-order valence-electron chi connectivity index (χ4n) is 4.71. The van der Waals surface area contributed by atoms with Gasteiger partial charge in [-0.1, -0.05) is 87.9 Å². The van der Waals surface area contributed by atoms with Crippen molar-refractivity contribution in [2.45, 2.75) is 103 Å². The maximum absolute atomic E-state index is 13.9. The third-order valence-electron chi connectivity index (χ3n) is 6.93. The largest absolute Gasteiger partial charge is 0.492 e. The summed E-state index contributed by atoms with van der Waals surface area (Å²) in [6.45, 7) is 4.89. The van der Waals surface area contributed by atoms with Crippen molar-refractivity contribution in [1.82, 2.24) is 0 Å². The Morgan fingerprint density at radius 3 is 2.29 bits per heavy atom. The molecule has 0 amide bonds.